The molecule has 0 atom stereocenters. The minimum absolute atomic E-state index is 0.153. The Balaban J connectivity index is 1.47. The molecule has 166 valence electrons. The van der Waals surface area contributed by atoms with E-state index in [-0.39, 0.29) is 12.3 Å². The molecule has 0 fully saturated rings. The van der Waals surface area contributed by atoms with E-state index in [1.165, 1.54) is 0 Å². The van der Waals surface area contributed by atoms with Gasteiger partial charge in [-0.3, -0.25) is 4.79 Å². The highest BCUT2D eigenvalue weighted by atomic mass is 16.5. The smallest absolute Gasteiger partial charge is 0.339 e. The van der Waals surface area contributed by atoms with Crippen LogP contribution in [0.2, 0.25) is 0 Å². The van der Waals surface area contributed by atoms with E-state index in [1.807, 2.05) is 32.0 Å². The number of aryl methyl sites for hydroxylation is 2. The topological polar surface area (TPSA) is 90.9 Å². The minimum atomic E-state index is -0.426. The van der Waals surface area contributed by atoms with E-state index in [0.717, 1.165) is 27.5 Å². The van der Waals surface area contributed by atoms with Gasteiger partial charge in [0.1, 0.15) is 11.2 Å². The van der Waals surface area contributed by atoms with E-state index in [0.29, 0.717) is 41.2 Å². The van der Waals surface area contributed by atoms with Crippen LogP contribution in [0.4, 0.5) is 0 Å². The average Bonchev–Trinajstić information content (AvgIpc) is 3.15. The number of nitrogens with one attached hydrogen (secondary N) is 1. The van der Waals surface area contributed by atoms with Gasteiger partial charge < -0.3 is 23.6 Å². The van der Waals surface area contributed by atoms with Gasteiger partial charge in [-0.15, -0.1) is 0 Å². The molecule has 0 aliphatic heterocycles. The Hall–Kier alpha value is -3.74. The quantitative estimate of drug-likeness (QED) is 0.432. The Morgan fingerprint density at radius 2 is 1.78 bits per heavy atom. The summed E-state index contributed by atoms with van der Waals surface area (Å²) in [4.78, 5) is 25.0. The summed E-state index contributed by atoms with van der Waals surface area (Å²) in [6.45, 7) is 4.20. The van der Waals surface area contributed by atoms with E-state index in [2.05, 4.69) is 5.32 Å². The van der Waals surface area contributed by atoms with Crippen molar-refractivity contribution in [3.05, 3.63) is 69.3 Å². The van der Waals surface area contributed by atoms with E-state index < -0.39 is 5.63 Å². The summed E-state index contributed by atoms with van der Waals surface area (Å²) in [6.07, 6.45) is 2.16. The van der Waals surface area contributed by atoms with Crippen LogP contribution in [0, 0.1) is 13.8 Å². The predicted molar refractivity (Wildman–Crippen MR) is 121 cm³/mol. The number of furan rings is 1. The normalized spacial score (nSPS) is 11.1. The highest BCUT2D eigenvalue weighted by molar-refractivity contribution is 5.96. The number of carbonyl (C=O) groups excluding carboxylic acids is 1. The van der Waals surface area contributed by atoms with Crippen molar-refractivity contribution in [2.24, 2.45) is 0 Å². The summed E-state index contributed by atoms with van der Waals surface area (Å²) < 4.78 is 21.6. The summed E-state index contributed by atoms with van der Waals surface area (Å²) in [5.41, 5.74) is 3.98. The first-order valence-electron chi connectivity index (χ1n) is 10.3. The Kier molecular flexibility index (Phi) is 5.90. The molecule has 0 radical (unpaired) electrons. The molecule has 2 aromatic heterocycles. The van der Waals surface area contributed by atoms with Crippen molar-refractivity contribution >= 4 is 27.8 Å². The number of ether oxygens (including phenoxy) is 2. The molecule has 4 rings (SSSR count). The van der Waals surface area contributed by atoms with Gasteiger partial charge in [-0.1, -0.05) is 6.07 Å². The molecular weight excluding hydrogens is 410 g/mol. The standard InChI is InChI=1S/C25H25NO6/c1-14-13-31-21-11-22-19(10-18(14)21)15(2)17(25(28)32-22)6-8-24(27)26-12-16-5-7-20(29-3)23(9-16)30-4/h5,7,9-11,13H,6,8,12H2,1-4H3,(H,26,27). The van der Waals surface area contributed by atoms with Crippen molar-refractivity contribution < 1.29 is 23.1 Å². The fourth-order valence-electron chi connectivity index (χ4n) is 3.84. The van der Waals surface area contributed by atoms with Crippen molar-refractivity contribution in [1.82, 2.24) is 5.32 Å². The molecule has 0 saturated heterocycles. The van der Waals surface area contributed by atoms with Crippen LogP contribution in [-0.2, 0) is 17.8 Å². The van der Waals surface area contributed by atoms with E-state index in [1.54, 1.807) is 32.6 Å². The summed E-state index contributed by atoms with van der Waals surface area (Å²) in [6, 6.07) is 9.19. The number of methoxy groups -OCH3 is 2. The maximum absolute atomic E-state index is 12.6. The molecule has 32 heavy (non-hydrogen) atoms. The summed E-state index contributed by atoms with van der Waals surface area (Å²) in [5, 5.41) is 4.71. The first kappa shape index (κ1) is 21.5. The van der Waals surface area contributed by atoms with E-state index >= 15 is 0 Å². The van der Waals surface area contributed by atoms with Crippen LogP contribution in [0.5, 0.6) is 11.5 Å². The van der Waals surface area contributed by atoms with Crippen molar-refractivity contribution in [2.75, 3.05) is 14.2 Å². The van der Waals surface area contributed by atoms with Gasteiger partial charge in [0.15, 0.2) is 11.5 Å². The lowest BCUT2D eigenvalue weighted by Crippen LogP contribution is -2.24. The molecule has 0 aliphatic rings. The molecule has 0 bridgehead atoms. The van der Waals surface area contributed by atoms with Crippen LogP contribution in [0.25, 0.3) is 21.9 Å². The van der Waals surface area contributed by atoms with Crippen molar-refractivity contribution in [3.8, 4) is 11.5 Å². The molecule has 2 aromatic carbocycles. The van der Waals surface area contributed by atoms with Gasteiger partial charge in [-0.25, -0.2) is 4.79 Å². The zero-order valence-electron chi connectivity index (χ0n) is 18.5. The van der Waals surface area contributed by atoms with Gasteiger partial charge in [0.25, 0.3) is 0 Å². The molecule has 4 aromatic rings. The Bertz CT molecular complexity index is 1360. The molecule has 7 nitrogen and oxygen atoms in total. The van der Waals surface area contributed by atoms with Crippen LogP contribution in [0.1, 0.15) is 28.7 Å². The van der Waals surface area contributed by atoms with Crippen LogP contribution in [0.3, 0.4) is 0 Å². The predicted octanol–water partition coefficient (Wildman–Crippen LogP) is 4.42. The second-order valence-electron chi connectivity index (χ2n) is 7.72. The zero-order chi connectivity index (χ0) is 22.8. The molecule has 1 N–H and O–H groups in total. The molecular formula is C25H25NO6. The SMILES string of the molecule is COc1ccc(CNC(=O)CCc2c(C)c3cc4c(C)coc4cc3oc2=O)cc1OC. The fraction of sp³-hybridized carbons (Fsp3) is 0.280. The van der Waals surface area contributed by atoms with Gasteiger partial charge in [0, 0.05) is 35.4 Å². The molecule has 0 aliphatic carbocycles. The largest absolute Gasteiger partial charge is 0.493 e. The van der Waals surface area contributed by atoms with Crippen LogP contribution in [0.15, 0.2) is 50.2 Å². The first-order chi connectivity index (χ1) is 15.4. The van der Waals surface area contributed by atoms with Gasteiger partial charge in [0.05, 0.1) is 20.5 Å². The minimum Gasteiger partial charge on any atom is -0.493 e. The Morgan fingerprint density at radius 1 is 1.00 bits per heavy atom. The average molecular weight is 435 g/mol. The van der Waals surface area contributed by atoms with Crippen LogP contribution in [-0.4, -0.2) is 20.1 Å². The molecule has 1 amide bonds. The Morgan fingerprint density at radius 3 is 2.53 bits per heavy atom. The zero-order valence-corrected chi connectivity index (χ0v) is 18.5. The monoisotopic (exact) mass is 435 g/mol. The second kappa shape index (κ2) is 8.78. The van der Waals surface area contributed by atoms with Crippen molar-refractivity contribution in [3.63, 3.8) is 0 Å². The second-order valence-corrected chi connectivity index (χ2v) is 7.72. The fourth-order valence-corrected chi connectivity index (χ4v) is 3.84. The third kappa shape index (κ3) is 4.06. The molecule has 0 unspecified atom stereocenters. The lowest BCUT2D eigenvalue weighted by molar-refractivity contribution is -0.121. The van der Waals surface area contributed by atoms with Crippen molar-refractivity contribution in [2.45, 2.75) is 33.2 Å². The highest BCUT2D eigenvalue weighted by Gasteiger charge is 2.15. The van der Waals surface area contributed by atoms with Gasteiger partial charge >= 0.3 is 5.63 Å². The molecule has 0 spiro atoms. The molecule has 7 heteroatoms. The van der Waals surface area contributed by atoms with Gasteiger partial charge in [-0.2, -0.15) is 0 Å². The van der Waals surface area contributed by atoms with Gasteiger partial charge in [-0.05, 0) is 55.2 Å². The maximum atomic E-state index is 12.6. The first-order valence-corrected chi connectivity index (χ1v) is 10.3. The number of benzene rings is 2. The number of hydrogen-bond donors (Lipinski definition) is 1. The number of fused-ring (bicyclic) bond motifs is 2. The van der Waals surface area contributed by atoms with Gasteiger partial charge in [0.2, 0.25) is 5.91 Å². The number of carbonyl (C=O) groups is 1. The number of hydrogen-bond acceptors (Lipinski definition) is 6. The van der Waals surface area contributed by atoms with Crippen LogP contribution < -0.4 is 20.4 Å². The van der Waals surface area contributed by atoms with Crippen LogP contribution >= 0.6 is 0 Å². The lowest BCUT2D eigenvalue weighted by Gasteiger charge is -2.11. The lowest BCUT2D eigenvalue weighted by atomic mass is 10.0. The number of amides is 1. The summed E-state index contributed by atoms with van der Waals surface area (Å²) >= 11 is 0. The summed E-state index contributed by atoms with van der Waals surface area (Å²) in [5.74, 6) is 1.08. The Labute approximate surface area is 184 Å². The third-order valence-corrected chi connectivity index (χ3v) is 5.71. The molecule has 0 saturated carbocycles. The van der Waals surface area contributed by atoms with Crippen molar-refractivity contribution in [1.29, 1.82) is 0 Å². The van der Waals surface area contributed by atoms with E-state index in [4.69, 9.17) is 18.3 Å². The summed E-state index contributed by atoms with van der Waals surface area (Å²) in [7, 11) is 3.14. The highest BCUT2D eigenvalue weighted by Crippen LogP contribution is 2.29. The van der Waals surface area contributed by atoms with E-state index in [9.17, 15) is 9.59 Å². The number of rotatable bonds is 7. The third-order valence-electron chi connectivity index (χ3n) is 5.71. The maximum Gasteiger partial charge on any atom is 0.339 e. The molecule has 2 heterocycles.